The van der Waals surface area contributed by atoms with Crippen LogP contribution in [-0.4, -0.2) is 11.5 Å². The van der Waals surface area contributed by atoms with Gasteiger partial charge in [0.25, 0.3) is 0 Å². The van der Waals surface area contributed by atoms with E-state index in [2.05, 4.69) is 10.3 Å². The third-order valence-corrected chi connectivity index (χ3v) is 2.62. The van der Waals surface area contributed by atoms with Gasteiger partial charge in [-0.15, -0.1) is 0 Å². The van der Waals surface area contributed by atoms with E-state index in [-0.39, 0.29) is 0 Å². The SMILES string of the molecule is CCNc1ccc(COc2cccc(Cl)c2)cn1. The molecule has 0 saturated heterocycles. The van der Waals surface area contributed by atoms with Crippen LogP contribution in [0.5, 0.6) is 5.75 Å². The first-order valence-corrected chi connectivity index (χ1v) is 6.23. The molecule has 0 atom stereocenters. The Kier molecular flexibility index (Phi) is 4.42. The molecule has 1 heterocycles. The normalized spacial score (nSPS) is 10.1. The topological polar surface area (TPSA) is 34.1 Å². The molecule has 0 spiro atoms. The Bertz CT molecular complexity index is 499. The van der Waals surface area contributed by atoms with Gasteiger partial charge in [0.05, 0.1) is 0 Å². The van der Waals surface area contributed by atoms with Crippen LogP contribution in [0.1, 0.15) is 12.5 Å². The highest BCUT2D eigenvalue weighted by molar-refractivity contribution is 6.30. The second-order valence-corrected chi connectivity index (χ2v) is 4.26. The maximum absolute atomic E-state index is 5.88. The lowest BCUT2D eigenvalue weighted by atomic mass is 10.3. The van der Waals surface area contributed by atoms with E-state index in [0.29, 0.717) is 11.6 Å². The predicted octanol–water partition coefficient (Wildman–Crippen LogP) is 3.75. The molecule has 1 aromatic carbocycles. The monoisotopic (exact) mass is 262 g/mol. The Morgan fingerprint density at radius 1 is 1.28 bits per heavy atom. The minimum Gasteiger partial charge on any atom is -0.489 e. The number of aromatic nitrogens is 1. The maximum atomic E-state index is 5.88. The summed E-state index contributed by atoms with van der Waals surface area (Å²) < 4.78 is 5.63. The highest BCUT2D eigenvalue weighted by Gasteiger charge is 1.98. The van der Waals surface area contributed by atoms with Gasteiger partial charge in [-0.05, 0) is 31.2 Å². The number of benzene rings is 1. The fourth-order valence-corrected chi connectivity index (χ4v) is 1.70. The van der Waals surface area contributed by atoms with E-state index in [1.807, 2.05) is 43.5 Å². The summed E-state index contributed by atoms with van der Waals surface area (Å²) in [5.74, 6) is 1.64. The smallest absolute Gasteiger partial charge is 0.125 e. The van der Waals surface area contributed by atoms with Crippen LogP contribution in [0.15, 0.2) is 42.6 Å². The van der Waals surface area contributed by atoms with Crippen LogP contribution in [0.4, 0.5) is 5.82 Å². The first kappa shape index (κ1) is 12.7. The van der Waals surface area contributed by atoms with E-state index < -0.39 is 0 Å². The summed E-state index contributed by atoms with van der Waals surface area (Å²) >= 11 is 5.88. The quantitative estimate of drug-likeness (QED) is 0.891. The number of pyridine rings is 1. The van der Waals surface area contributed by atoms with Crippen LogP contribution < -0.4 is 10.1 Å². The van der Waals surface area contributed by atoms with Gasteiger partial charge in [0.2, 0.25) is 0 Å². The van der Waals surface area contributed by atoms with Crippen molar-refractivity contribution in [2.45, 2.75) is 13.5 Å². The van der Waals surface area contributed by atoms with Gasteiger partial charge in [-0.25, -0.2) is 4.98 Å². The minimum absolute atomic E-state index is 0.486. The van der Waals surface area contributed by atoms with Crippen LogP contribution in [0.3, 0.4) is 0 Å². The Morgan fingerprint density at radius 2 is 2.17 bits per heavy atom. The number of nitrogens with one attached hydrogen (secondary N) is 1. The van der Waals surface area contributed by atoms with E-state index in [1.165, 1.54) is 0 Å². The number of hydrogen-bond donors (Lipinski definition) is 1. The molecule has 0 aliphatic heterocycles. The molecule has 0 fully saturated rings. The number of anilines is 1. The molecule has 1 N–H and O–H groups in total. The van der Waals surface area contributed by atoms with Gasteiger partial charge in [0, 0.05) is 23.3 Å². The van der Waals surface area contributed by atoms with Crippen molar-refractivity contribution in [2.24, 2.45) is 0 Å². The van der Waals surface area contributed by atoms with Crippen LogP contribution in [-0.2, 0) is 6.61 Å². The van der Waals surface area contributed by atoms with E-state index in [9.17, 15) is 0 Å². The molecule has 2 rings (SSSR count). The lowest BCUT2D eigenvalue weighted by Crippen LogP contribution is -2.00. The van der Waals surface area contributed by atoms with Crippen LogP contribution in [0, 0.1) is 0 Å². The number of halogens is 1. The third-order valence-electron chi connectivity index (χ3n) is 2.38. The molecule has 0 unspecified atom stereocenters. The molecular formula is C14H15ClN2O. The summed E-state index contributed by atoms with van der Waals surface area (Å²) in [4.78, 5) is 4.28. The average molecular weight is 263 g/mol. The lowest BCUT2D eigenvalue weighted by molar-refractivity contribution is 0.306. The molecule has 3 nitrogen and oxygen atoms in total. The van der Waals surface area contributed by atoms with Gasteiger partial charge in [-0.2, -0.15) is 0 Å². The van der Waals surface area contributed by atoms with Crippen molar-refractivity contribution >= 4 is 17.4 Å². The summed E-state index contributed by atoms with van der Waals surface area (Å²) in [6, 6.07) is 11.3. The largest absolute Gasteiger partial charge is 0.489 e. The standard InChI is InChI=1S/C14H15ClN2O/c1-2-16-14-7-6-11(9-17-14)10-18-13-5-3-4-12(15)8-13/h3-9H,2,10H2,1H3,(H,16,17). The van der Waals surface area contributed by atoms with E-state index in [1.54, 1.807) is 6.07 Å². The molecule has 1 aromatic heterocycles. The maximum Gasteiger partial charge on any atom is 0.125 e. The van der Waals surface area contributed by atoms with Crippen molar-refractivity contribution in [2.75, 3.05) is 11.9 Å². The molecule has 4 heteroatoms. The zero-order valence-electron chi connectivity index (χ0n) is 10.2. The summed E-state index contributed by atoms with van der Waals surface area (Å²) in [5, 5.41) is 3.82. The van der Waals surface area contributed by atoms with Gasteiger partial charge < -0.3 is 10.1 Å². The highest BCUT2D eigenvalue weighted by Crippen LogP contribution is 2.18. The first-order chi connectivity index (χ1) is 8.78. The van der Waals surface area contributed by atoms with Crippen molar-refractivity contribution in [3.8, 4) is 5.75 Å². The van der Waals surface area contributed by atoms with Crippen LogP contribution in [0.2, 0.25) is 5.02 Å². The first-order valence-electron chi connectivity index (χ1n) is 5.85. The summed E-state index contributed by atoms with van der Waals surface area (Å²) in [5.41, 5.74) is 1.02. The molecule has 94 valence electrons. The zero-order chi connectivity index (χ0) is 12.8. The average Bonchev–Trinajstić information content (AvgIpc) is 2.38. The number of hydrogen-bond acceptors (Lipinski definition) is 3. The van der Waals surface area contributed by atoms with E-state index in [0.717, 1.165) is 23.7 Å². The molecule has 0 aliphatic carbocycles. The Labute approximate surface area is 112 Å². The van der Waals surface area contributed by atoms with Gasteiger partial charge in [0.15, 0.2) is 0 Å². The van der Waals surface area contributed by atoms with Gasteiger partial charge >= 0.3 is 0 Å². The Hall–Kier alpha value is -1.74. The fourth-order valence-electron chi connectivity index (χ4n) is 1.52. The minimum atomic E-state index is 0.486. The number of rotatable bonds is 5. The predicted molar refractivity (Wildman–Crippen MR) is 74.2 cm³/mol. The zero-order valence-corrected chi connectivity index (χ0v) is 10.9. The van der Waals surface area contributed by atoms with Crippen molar-refractivity contribution < 1.29 is 4.74 Å². The molecule has 18 heavy (non-hydrogen) atoms. The second-order valence-electron chi connectivity index (χ2n) is 3.83. The Morgan fingerprint density at radius 3 is 2.83 bits per heavy atom. The van der Waals surface area contributed by atoms with Crippen LogP contribution >= 0.6 is 11.6 Å². The van der Waals surface area contributed by atoms with E-state index in [4.69, 9.17) is 16.3 Å². The molecule has 0 bridgehead atoms. The van der Waals surface area contributed by atoms with Gasteiger partial charge in [0.1, 0.15) is 18.2 Å². The number of ether oxygens (including phenoxy) is 1. The van der Waals surface area contributed by atoms with Gasteiger partial charge in [-0.3, -0.25) is 0 Å². The van der Waals surface area contributed by atoms with Crippen molar-refractivity contribution in [3.63, 3.8) is 0 Å². The summed E-state index contributed by atoms with van der Waals surface area (Å²) in [6.45, 7) is 3.39. The summed E-state index contributed by atoms with van der Waals surface area (Å²) in [7, 11) is 0. The molecule has 0 saturated carbocycles. The van der Waals surface area contributed by atoms with Crippen molar-refractivity contribution in [1.82, 2.24) is 4.98 Å². The molecule has 0 amide bonds. The summed E-state index contributed by atoms with van der Waals surface area (Å²) in [6.07, 6.45) is 1.81. The van der Waals surface area contributed by atoms with Crippen LogP contribution in [0.25, 0.3) is 0 Å². The Balaban J connectivity index is 1.93. The molecular weight excluding hydrogens is 248 g/mol. The third kappa shape index (κ3) is 3.64. The van der Waals surface area contributed by atoms with Crippen molar-refractivity contribution in [1.29, 1.82) is 0 Å². The lowest BCUT2D eigenvalue weighted by Gasteiger charge is -2.07. The van der Waals surface area contributed by atoms with Gasteiger partial charge in [-0.1, -0.05) is 23.7 Å². The molecule has 0 radical (unpaired) electrons. The van der Waals surface area contributed by atoms with Crippen molar-refractivity contribution in [3.05, 3.63) is 53.2 Å². The fraction of sp³-hybridized carbons (Fsp3) is 0.214. The molecule has 0 aliphatic rings. The van der Waals surface area contributed by atoms with E-state index >= 15 is 0 Å². The second kappa shape index (κ2) is 6.26. The number of nitrogens with zero attached hydrogens (tertiary/aromatic N) is 1. The molecule has 2 aromatic rings. The highest BCUT2D eigenvalue weighted by atomic mass is 35.5.